The summed E-state index contributed by atoms with van der Waals surface area (Å²) in [5.74, 6) is 1.24. The van der Waals surface area contributed by atoms with Crippen LogP contribution in [0, 0.1) is 18.3 Å². The van der Waals surface area contributed by atoms with Crippen LogP contribution in [0.3, 0.4) is 0 Å². The number of hydrogen-bond acceptors (Lipinski definition) is 6. The molecule has 0 atom stereocenters. The molecule has 4 rings (SSSR count). The van der Waals surface area contributed by atoms with Gasteiger partial charge in [0.15, 0.2) is 0 Å². The van der Waals surface area contributed by atoms with Crippen molar-refractivity contribution in [3.05, 3.63) is 119 Å². The van der Waals surface area contributed by atoms with Crippen LogP contribution in [-0.2, 0) is 29.3 Å². The molecule has 0 unspecified atom stereocenters. The summed E-state index contributed by atoms with van der Waals surface area (Å²) in [5, 5.41) is 9.26. The van der Waals surface area contributed by atoms with Crippen molar-refractivity contribution in [2.75, 3.05) is 20.7 Å². The molecule has 6 heteroatoms. The Balaban J connectivity index is 1.50. The van der Waals surface area contributed by atoms with Gasteiger partial charge in [0.1, 0.15) is 24.7 Å². The van der Waals surface area contributed by atoms with Crippen LogP contribution in [0.2, 0.25) is 0 Å². The van der Waals surface area contributed by atoms with E-state index in [-0.39, 0.29) is 5.97 Å². The second-order valence-electron chi connectivity index (χ2n) is 10.0. The van der Waals surface area contributed by atoms with Gasteiger partial charge >= 0.3 is 5.97 Å². The zero-order valence-corrected chi connectivity index (χ0v) is 23.9. The maximum atomic E-state index is 11.5. The van der Waals surface area contributed by atoms with E-state index >= 15 is 0 Å². The van der Waals surface area contributed by atoms with E-state index in [4.69, 9.17) is 14.2 Å². The van der Waals surface area contributed by atoms with E-state index in [1.807, 2.05) is 61.6 Å². The Morgan fingerprint density at radius 3 is 2.46 bits per heavy atom. The van der Waals surface area contributed by atoms with Crippen molar-refractivity contribution in [2.45, 2.75) is 39.5 Å². The molecule has 0 radical (unpaired) electrons. The summed E-state index contributed by atoms with van der Waals surface area (Å²) < 4.78 is 17.3. The molecule has 4 aromatic rings. The highest BCUT2D eigenvalue weighted by Crippen LogP contribution is 2.30. The van der Waals surface area contributed by atoms with Gasteiger partial charge in [0.05, 0.1) is 18.7 Å². The fourth-order valence-electron chi connectivity index (χ4n) is 4.68. The van der Waals surface area contributed by atoms with Crippen molar-refractivity contribution in [3.63, 3.8) is 0 Å². The summed E-state index contributed by atoms with van der Waals surface area (Å²) in [4.78, 5) is 13.6. The lowest BCUT2D eigenvalue weighted by Crippen LogP contribution is -2.20. The number of carbonyl (C=O) groups is 1. The third-order valence-corrected chi connectivity index (χ3v) is 7.00. The second-order valence-corrected chi connectivity index (χ2v) is 10.0. The van der Waals surface area contributed by atoms with Crippen molar-refractivity contribution >= 4 is 5.97 Å². The highest BCUT2D eigenvalue weighted by Gasteiger charge is 2.12. The van der Waals surface area contributed by atoms with E-state index in [0.29, 0.717) is 43.9 Å². The third kappa shape index (κ3) is 8.44. The van der Waals surface area contributed by atoms with Crippen molar-refractivity contribution in [1.82, 2.24) is 4.90 Å². The summed E-state index contributed by atoms with van der Waals surface area (Å²) >= 11 is 0. The fraction of sp³-hybridized carbons (Fsp3) is 0.257. The summed E-state index contributed by atoms with van der Waals surface area (Å²) in [6.07, 6.45) is 1.10. The van der Waals surface area contributed by atoms with Crippen molar-refractivity contribution in [3.8, 4) is 28.7 Å². The van der Waals surface area contributed by atoms with Gasteiger partial charge in [-0.1, -0.05) is 66.7 Å². The third-order valence-electron chi connectivity index (χ3n) is 7.00. The molecule has 0 saturated carbocycles. The molecule has 0 N–H and O–H groups in total. The lowest BCUT2D eigenvalue weighted by molar-refractivity contribution is -0.140. The second kappa shape index (κ2) is 14.7. The van der Waals surface area contributed by atoms with Crippen molar-refractivity contribution < 1.29 is 19.0 Å². The van der Waals surface area contributed by atoms with Gasteiger partial charge in [-0.05, 0) is 73.0 Å². The summed E-state index contributed by atoms with van der Waals surface area (Å²) in [5.41, 5.74) is 7.22. The minimum absolute atomic E-state index is 0.201. The first-order valence-corrected chi connectivity index (χ1v) is 13.7. The molecule has 0 aliphatic carbocycles. The Kier molecular flexibility index (Phi) is 10.5. The van der Waals surface area contributed by atoms with Gasteiger partial charge in [0.25, 0.3) is 0 Å². The van der Waals surface area contributed by atoms with Crippen LogP contribution < -0.4 is 9.47 Å². The molecule has 0 heterocycles. The summed E-state index contributed by atoms with van der Waals surface area (Å²) in [6, 6.07) is 32.2. The fourth-order valence-corrected chi connectivity index (χ4v) is 4.68. The van der Waals surface area contributed by atoms with E-state index < -0.39 is 0 Å². The van der Waals surface area contributed by atoms with Crippen LogP contribution in [0.1, 0.15) is 40.7 Å². The van der Waals surface area contributed by atoms with E-state index in [2.05, 4.69) is 48.2 Å². The minimum Gasteiger partial charge on any atom is -0.489 e. The maximum absolute atomic E-state index is 11.5. The topological polar surface area (TPSA) is 71.8 Å². The molecule has 0 saturated heterocycles. The SMILES string of the molecule is COC(=O)CCCN(C)Cc1ccc(OCc2cccc(-c3ccccc3)c2C)cc1OCc1cccc(C#N)c1. The van der Waals surface area contributed by atoms with Crippen LogP contribution in [0.15, 0.2) is 91.0 Å². The van der Waals surface area contributed by atoms with E-state index in [0.717, 1.165) is 29.0 Å². The average molecular weight is 549 g/mol. The Labute approximate surface area is 242 Å². The standard InChI is InChI=1S/C35H36N2O4/c1-26-31(14-8-15-33(26)29-12-5-4-6-13-29)25-40-32-18-17-30(23-37(2)19-9-16-35(38)39-3)34(21-32)41-24-28-11-7-10-27(20-28)22-36/h4-8,10-15,17-18,20-21H,9,16,19,23-25H2,1-3H3. The first kappa shape index (κ1) is 29.4. The van der Waals surface area contributed by atoms with Gasteiger partial charge in [-0.3, -0.25) is 4.79 Å². The van der Waals surface area contributed by atoms with Gasteiger partial charge in [-0.2, -0.15) is 5.26 Å². The number of esters is 1. The van der Waals surface area contributed by atoms with Gasteiger partial charge in [-0.15, -0.1) is 0 Å². The molecular weight excluding hydrogens is 512 g/mol. The molecule has 41 heavy (non-hydrogen) atoms. The predicted octanol–water partition coefficient (Wildman–Crippen LogP) is 7.08. The number of carbonyl (C=O) groups excluding carboxylic acids is 1. The largest absolute Gasteiger partial charge is 0.489 e. The van der Waals surface area contributed by atoms with Crippen LogP contribution in [0.25, 0.3) is 11.1 Å². The smallest absolute Gasteiger partial charge is 0.305 e. The number of methoxy groups -OCH3 is 1. The monoisotopic (exact) mass is 548 g/mol. The van der Waals surface area contributed by atoms with Gasteiger partial charge in [0.2, 0.25) is 0 Å². The molecule has 0 aliphatic rings. The van der Waals surface area contributed by atoms with Gasteiger partial charge in [-0.25, -0.2) is 0 Å². The number of hydrogen-bond donors (Lipinski definition) is 0. The molecule has 4 aromatic carbocycles. The van der Waals surface area contributed by atoms with Crippen molar-refractivity contribution in [2.24, 2.45) is 0 Å². The van der Waals surface area contributed by atoms with Crippen molar-refractivity contribution in [1.29, 1.82) is 5.26 Å². The van der Waals surface area contributed by atoms with E-state index in [1.54, 1.807) is 6.07 Å². The normalized spacial score (nSPS) is 10.7. The molecule has 210 valence electrons. The number of benzene rings is 4. The molecule has 0 aromatic heterocycles. The molecular formula is C35H36N2O4. The van der Waals surface area contributed by atoms with Gasteiger partial charge in [0, 0.05) is 24.6 Å². The van der Waals surface area contributed by atoms with E-state index in [9.17, 15) is 10.1 Å². The first-order valence-electron chi connectivity index (χ1n) is 13.7. The van der Waals surface area contributed by atoms with Crippen LogP contribution >= 0.6 is 0 Å². The quantitative estimate of drug-likeness (QED) is 0.166. The number of ether oxygens (including phenoxy) is 3. The Morgan fingerprint density at radius 2 is 1.68 bits per heavy atom. The number of nitrogens with zero attached hydrogens (tertiary/aromatic N) is 2. The molecule has 0 aliphatic heterocycles. The highest BCUT2D eigenvalue weighted by molar-refractivity contribution is 5.69. The lowest BCUT2D eigenvalue weighted by Gasteiger charge is -2.20. The summed E-state index contributed by atoms with van der Waals surface area (Å²) in [6.45, 7) is 4.28. The molecule has 0 spiro atoms. The first-order chi connectivity index (χ1) is 20.0. The van der Waals surface area contributed by atoms with Gasteiger partial charge < -0.3 is 19.1 Å². The Bertz CT molecular complexity index is 1490. The zero-order valence-electron chi connectivity index (χ0n) is 23.9. The predicted molar refractivity (Wildman–Crippen MR) is 160 cm³/mol. The number of nitriles is 1. The number of rotatable bonds is 13. The van der Waals surface area contributed by atoms with Crippen LogP contribution in [0.4, 0.5) is 0 Å². The molecule has 0 amide bonds. The maximum Gasteiger partial charge on any atom is 0.305 e. The Hall–Kier alpha value is -4.60. The van der Waals surface area contributed by atoms with Crippen LogP contribution in [0.5, 0.6) is 11.5 Å². The zero-order chi connectivity index (χ0) is 29.0. The average Bonchev–Trinajstić information content (AvgIpc) is 3.00. The lowest BCUT2D eigenvalue weighted by atomic mass is 9.97. The molecule has 0 fully saturated rings. The van der Waals surface area contributed by atoms with E-state index in [1.165, 1.54) is 23.8 Å². The molecule has 0 bridgehead atoms. The minimum atomic E-state index is -0.201. The molecule has 6 nitrogen and oxygen atoms in total. The van der Waals surface area contributed by atoms with Crippen LogP contribution in [-0.4, -0.2) is 31.6 Å². The Morgan fingerprint density at radius 1 is 0.878 bits per heavy atom. The highest BCUT2D eigenvalue weighted by atomic mass is 16.5. The summed E-state index contributed by atoms with van der Waals surface area (Å²) in [7, 11) is 3.43.